The number of rotatable bonds is 3. The minimum Gasteiger partial charge on any atom is -0.508 e. The van der Waals surface area contributed by atoms with Crippen molar-refractivity contribution in [3.63, 3.8) is 0 Å². The van der Waals surface area contributed by atoms with E-state index in [9.17, 15) is 10.4 Å². The van der Waals surface area contributed by atoms with E-state index < -0.39 is 0 Å². The number of nitriles is 1. The fourth-order valence-electron chi connectivity index (χ4n) is 3.19. The number of phenolic OH excluding ortho intramolecular Hbond substituents is 1. The summed E-state index contributed by atoms with van der Waals surface area (Å²) in [6.45, 7) is 1.90. The lowest BCUT2D eigenvalue weighted by atomic mass is 9.93. The van der Waals surface area contributed by atoms with Crippen LogP contribution in [0.25, 0.3) is 33.4 Å². The van der Waals surface area contributed by atoms with Gasteiger partial charge in [0.25, 0.3) is 0 Å². The number of ether oxygens (including phenoxy) is 1. The largest absolute Gasteiger partial charge is 0.508 e. The molecule has 0 aliphatic rings. The predicted molar refractivity (Wildman–Crippen MR) is 102 cm³/mol. The molecule has 0 spiro atoms. The predicted octanol–water partition coefficient (Wildman–Crippen LogP) is 4.19. The zero-order valence-corrected chi connectivity index (χ0v) is 14.8. The van der Waals surface area contributed by atoms with Gasteiger partial charge in [0.05, 0.1) is 23.8 Å². The van der Waals surface area contributed by atoms with Crippen LogP contribution in [-0.2, 0) is 0 Å². The van der Waals surface area contributed by atoms with E-state index in [0.717, 1.165) is 33.5 Å². The molecule has 6 heteroatoms. The number of aromatic amines is 1. The van der Waals surface area contributed by atoms with E-state index in [-0.39, 0.29) is 5.75 Å². The molecule has 4 aromatic rings. The van der Waals surface area contributed by atoms with Gasteiger partial charge in [0.1, 0.15) is 17.6 Å². The number of nitrogens with one attached hydrogen (secondary N) is 1. The number of benzene rings is 2. The van der Waals surface area contributed by atoms with Gasteiger partial charge in [-0.2, -0.15) is 10.4 Å². The summed E-state index contributed by atoms with van der Waals surface area (Å²) in [5, 5.41) is 27.7. The van der Waals surface area contributed by atoms with Crippen LogP contribution in [0.2, 0.25) is 0 Å². The number of aromatic nitrogens is 3. The van der Waals surface area contributed by atoms with Gasteiger partial charge in [-0.1, -0.05) is 12.1 Å². The van der Waals surface area contributed by atoms with Gasteiger partial charge in [-0.25, -0.2) is 4.98 Å². The first kappa shape index (κ1) is 16.6. The van der Waals surface area contributed by atoms with Crippen molar-refractivity contribution in [2.24, 2.45) is 0 Å². The van der Waals surface area contributed by atoms with Gasteiger partial charge >= 0.3 is 0 Å². The summed E-state index contributed by atoms with van der Waals surface area (Å²) in [6, 6.07) is 16.5. The molecular weight excluding hydrogens is 340 g/mol. The van der Waals surface area contributed by atoms with Crippen molar-refractivity contribution in [1.29, 1.82) is 5.26 Å². The number of hydrogen-bond donors (Lipinski definition) is 2. The highest BCUT2D eigenvalue weighted by Crippen LogP contribution is 2.38. The van der Waals surface area contributed by atoms with E-state index in [4.69, 9.17) is 4.74 Å². The molecule has 0 unspecified atom stereocenters. The summed E-state index contributed by atoms with van der Waals surface area (Å²) in [4.78, 5) is 4.64. The molecule has 132 valence electrons. The fourth-order valence-corrected chi connectivity index (χ4v) is 3.19. The SMILES string of the molecule is COc1ccc(-c2nc3n[nH]c(C)c3c(-c3ccc(O)cc3)c2C#N)cc1. The molecule has 2 heterocycles. The quantitative estimate of drug-likeness (QED) is 0.574. The highest BCUT2D eigenvalue weighted by molar-refractivity contribution is 6.00. The van der Waals surface area contributed by atoms with E-state index in [2.05, 4.69) is 21.3 Å². The molecule has 2 aromatic carbocycles. The Labute approximate surface area is 155 Å². The van der Waals surface area contributed by atoms with Crippen molar-refractivity contribution in [3.05, 3.63) is 59.8 Å². The van der Waals surface area contributed by atoms with Gasteiger partial charge in [0, 0.05) is 16.8 Å². The second-order valence-corrected chi connectivity index (χ2v) is 6.14. The smallest absolute Gasteiger partial charge is 0.182 e. The molecule has 0 amide bonds. The van der Waals surface area contributed by atoms with Gasteiger partial charge in [-0.3, -0.25) is 5.10 Å². The molecule has 6 nitrogen and oxygen atoms in total. The number of aryl methyl sites for hydroxylation is 1. The number of fused-ring (bicyclic) bond motifs is 1. The van der Waals surface area contributed by atoms with Crippen LogP contribution in [0.1, 0.15) is 11.3 Å². The van der Waals surface area contributed by atoms with E-state index in [0.29, 0.717) is 16.9 Å². The number of phenols is 1. The third-order valence-electron chi connectivity index (χ3n) is 4.51. The minimum absolute atomic E-state index is 0.168. The molecule has 2 aromatic heterocycles. The molecule has 27 heavy (non-hydrogen) atoms. The van der Waals surface area contributed by atoms with Gasteiger partial charge in [0.2, 0.25) is 0 Å². The standard InChI is InChI=1S/C21H16N4O2/c1-12-18-19(13-3-7-15(26)8-4-13)17(11-22)20(23-21(18)25-24-12)14-5-9-16(27-2)10-6-14/h3-10,26H,1-2H3,(H,23,24,25). The van der Waals surface area contributed by atoms with Crippen LogP contribution in [0.5, 0.6) is 11.5 Å². The topological polar surface area (TPSA) is 94.8 Å². The molecule has 0 bridgehead atoms. The lowest BCUT2D eigenvalue weighted by Gasteiger charge is -2.12. The summed E-state index contributed by atoms with van der Waals surface area (Å²) in [5.74, 6) is 0.898. The lowest BCUT2D eigenvalue weighted by molar-refractivity contribution is 0.415. The summed E-state index contributed by atoms with van der Waals surface area (Å²) >= 11 is 0. The highest BCUT2D eigenvalue weighted by atomic mass is 16.5. The van der Waals surface area contributed by atoms with Crippen molar-refractivity contribution in [2.45, 2.75) is 6.92 Å². The van der Waals surface area contributed by atoms with E-state index in [1.165, 1.54) is 0 Å². The van der Waals surface area contributed by atoms with Crippen LogP contribution >= 0.6 is 0 Å². The van der Waals surface area contributed by atoms with Crippen molar-refractivity contribution < 1.29 is 9.84 Å². The zero-order valence-electron chi connectivity index (χ0n) is 14.8. The molecule has 0 saturated heterocycles. The van der Waals surface area contributed by atoms with Crippen molar-refractivity contribution in [2.75, 3.05) is 7.11 Å². The Morgan fingerprint density at radius 1 is 1.04 bits per heavy atom. The van der Waals surface area contributed by atoms with Gasteiger partial charge in [0.15, 0.2) is 5.65 Å². The maximum absolute atomic E-state index is 9.97. The number of nitrogens with zero attached hydrogens (tertiary/aromatic N) is 3. The second-order valence-electron chi connectivity index (χ2n) is 6.14. The molecule has 0 radical (unpaired) electrons. The Morgan fingerprint density at radius 2 is 1.70 bits per heavy atom. The molecule has 4 rings (SSSR count). The Kier molecular flexibility index (Phi) is 3.98. The van der Waals surface area contributed by atoms with Gasteiger partial charge in [-0.05, 0) is 48.9 Å². The molecule has 0 fully saturated rings. The molecular formula is C21H16N4O2. The van der Waals surface area contributed by atoms with Crippen LogP contribution in [0.4, 0.5) is 0 Å². The molecule has 0 saturated carbocycles. The molecule has 2 N–H and O–H groups in total. The van der Waals surface area contributed by atoms with E-state index >= 15 is 0 Å². The Balaban J connectivity index is 2.06. The fraction of sp³-hybridized carbons (Fsp3) is 0.0952. The monoisotopic (exact) mass is 356 g/mol. The van der Waals surface area contributed by atoms with Crippen molar-refractivity contribution in [3.8, 4) is 40.0 Å². The maximum Gasteiger partial charge on any atom is 0.182 e. The summed E-state index contributed by atoms with van der Waals surface area (Å²) in [7, 11) is 1.61. The van der Waals surface area contributed by atoms with Crippen LogP contribution in [0, 0.1) is 18.3 Å². The number of hydrogen-bond acceptors (Lipinski definition) is 5. The highest BCUT2D eigenvalue weighted by Gasteiger charge is 2.21. The number of methoxy groups -OCH3 is 1. The van der Waals surface area contributed by atoms with Crippen molar-refractivity contribution >= 4 is 11.0 Å². The molecule has 0 atom stereocenters. The van der Waals surface area contributed by atoms with Gasteiger partial charge in [-0.15, -0.1) is 0 Å². The average Bonchev–Trinajstić information content (AvgIpc) is 3.08. The van der Waals surface area contributed by atoms with Gasteiger partial charge < -0.3 is 9.84 Å². The molecule has 0 aliphatic carbocycles. The first-order chi connectivity index (χ1) is 13.1. The summed E-state index contributed by atoms with van der Waals surface area (Å²) in [6.07, 6.45) is 0. The third kappa shape index (κ3) is 2.75. The first-order valence-corrected chi connectivity index (χ1v) is 8.35. The van der Waals surface area contributed by atoms with Crippen LogP contribution in [0.3, 0.4) is 0 Å². The Bertz CT molecular complexity index is 1170. The van der Waals surface area contributed by atoms with Crippen molar-refractivity contribution in [1.82, 2.24) is 15.2 Å². The third-order valence-corrected chi connectivity index (χ3v) is 4.51. The van der Waals surface area contributed by atoms with Crippen LogP contribution in [0.15, 0.2) is 48.5 Å². The summed E-state index contributed by atoms with van der Waals surface area (Å²) < 4.78 is 5.21. The first-order valence-electron chi connectivity index (χ1n) is 8.35. The van der Waals surface area contributed by atoms with E-state index in [1.54, 1.807) is 31.4 Å². The molecule has 0 aliphatic heterocycles. The average molecular weight is 356 g/mol. The number of H-pyrrole nitrogens is 1. The van der Waals surface area contributed by atoms with E-state index in [1.807, 2.05) is 31.2 Å². The summed E-state index contributed by atoms with van der Waals surface area (Å²) in [5.41, 5.74) is 4.76. The minimum atomic E-state index is 0.168. The van der Waals surface area contributed by atoms with Crippen LogP contribution in [-0.4, -0.2) is 27.4 Å². The second kappa shape index (κ2) is 6.46. The Hall–Kier alpha value is -3.85. The zero-order chi connectivity index (χ0) is 19.0. The Morgan fingerprint density at radius 3 is 2.33 bits per heavy atom. The normalized spacial score (nSPS) is 10.7. The number of pyridine rings is 1. The van der Waals surface area contributed by atoms with Crippen LogP contribution < -0.4 is 4.74 Å². The maximum atomic E-state index is 9.97. The number of aromatic hydroxyl groups is 1. The lowest BCUT2D eigenvalue weighted by Crippen LogP contribution is -1.96.